The lowest BCUT2D eigenvalue weighted by molar-refractivity contribution is 0.198. The van der Waals surface area contributed by atoms with Crippen molar-refractivity contribution in [1.82, 2.24) is 39.4 Å². The van der Waals surface area contributed by atoms with Crippen molar-refractivity contribution in [3.8, 4) is 0 Å². The van der Waals surface area contributed by atoms with Crippen LogP contribution in [0.25, 0.3) is 0 Å². The predicted octanol–water partition coefficient (Wildman–Crippen LogP) is 1.96. The highest BCUT2D eigenvalue weighted by atomic mass is 15.3. The summed E-state index contributed by atoms with van der Waals surface area (Å²) in [5, 5.41) is 13.5. The number of rotatable bonds is 6. The van der Waals surface area contributed by atoms with Gasteiger partial charge in [0.05, 0.1) is 6.33 Å². The van der Waals surface area contributed by atoms with Crippen LogP contribution >= 0.6 is 0 Å². The number of hydrogen-bond acceptors (Lipinski definition) is 5. The van der Waals surface area contributed by atoms with E-state index in [0.717, 1.165) is 38.3 Å². The van der Waals surface area contributed by atoms with Gasteiger partial charge in [-0.1, -0.05) is 0 Å². The van der Waals surface area contributed by atoms with E-state index in [1.54, 1.807) is 6.33 Å². The van der Waals surface area contributed by atoms with Gasteiger partial charge in [-0.15, -0.1) is 10.2 Å². The zero-order chi connectivity index (χ0) is 17.3. The molecule has 0 atom stereocenters. The summed E-state index contributed by atoms with van der Waals surface area (Å²) >= 11 is 0. The maximum absolute atomic E-state index is 4.62. The molecule has 2 aliphatic rings. The van der Waals surface area contributed by atoms with Crippen molar-refractivity contribution >= 4 is 0 Å². The second-order valence-corrected chi connectivity index (χ2v) is 7.41. The zero-order valence-corrected chi connectivity index (χ0v) is 14.8. The maximum atomic E-state index is 4.62. The van der Waals surface area contributed by atoms with Crippen LogP contribution in [0.1, 0.15) is 55.0 Å². The Kier molecular flexibility index (Phi) is 4.05. The quantitative estimate of drug-likeness (QED) is 0.733. The van der Waals surface area contributed by atoms with Crippen molar-refractivity contribution in [3.63, 3.8) is 0 Å². The van der Waals surface area contributed by atoms with Gasteiger partial charge in [0, 0.05) is 42.8 Å². The van der Waals surface area contributed by atoms with Crippen LogP contribution in [-0.4, -0.2) is 52.5 Å². The van der Waals surface area contributed by atoms with E-state index >= 15 is 0 Å². The largest absolute Gasteiger partial charge is 0.347 e. The Hall–Kier alpha value is -2.48. The molecule has 1 aliphatic carbocycles. The van der Waals surface area contributed by atoms with Crippen molar-refractivity contribution in [2.24, 2.45) is 0 Å². The molecule has 0 amide bonds. The van der Waals surface area contributed by atoms with Crippen LogP contribution < -0.4 is 0 Å². The highest BCUT2D eigenvalue weighted by Crippen LogP contribution is 2.40. The van der Waals surface area contributed by atoms with Crippen LogP contribution in [0.15, 0.2) is 31.0 Å². The molecular formula is C18H24N8. The summed E-state index contributed by atoms with van der Waals surface area (Å²) in [6, 6.07) is 2.54. The van der Waals surface area contributed by atoms with E-state index in [9.17, 15) is 0 Å². The molecule has 136 valence electrons. The first-order chi connectivity index (χ1) is 12.9. The lowest BCUT2D eigenvalue weighted by Crippen LogP contribution is -2.33. The number of piperidine rings is 1. The van der Waals surface area contributed by atoms with E-state index < -0.39 is 0 Å². The molecule has 4 heterocycles. The fourth-order valence-corrected chi connectivity index (χ4v) is 3.95. The van der Waals surface area contributed by atoms with Crippen LogP contribution in [0.4, 0.5) is 0 Å². The van der Waals surface area contributed by atoms with Gasteiger partial charge in [-0.25, -0.2) is 4.98 Å². The first kappa shape index (κ1) is 15.7. The lowest BCUT2D eigenvalue weighted by atomic mass is 9.95. The fraction of sp³-hybridized carbons (Fsp3) is 0.556. The molecule has 1 N–H and O–H groups in total. The van der Waals surface area contributed by atoms with Gasteiger partial charge in [0.15, 0.2) is 5.82 Å². The number of hydrogen-bond donors (Lipinski definition) is 1. The highest BCUT2D eigenvalue weighted by Gasteiger charge is 2.33. The van der Waals surface area contributed by atoms with Gasteiger partial charge >= 0.3 is 0 Å². The monoisotopic (exact) mass is 352 g/mol. The minimum atomic E-state index is 0.507. The highest BCUT2D eigenvalue weighted by molar-refractivity contribution is 5.09. The number of H-pyrrole nitrogens is 1. The van der Waals surface area contributed by atoms with E-state index in [1.165, 1.54) is 24.4 Å². The van der Waals surface area contributed by atoms with E-state index in [0.29, 0.717) is 18.5 Å². The van der Waals surface area contributed by atoms with Gasteiger partial charge < -0.3 is 9.55 Å². The zero-order valence-electron chi connectivity index (χ0n) is 14.8. The van der Waals surface area contributed by atoms with Gasteiger partial charge in [0.1, 0.15) is 12.4 Å². The number of nitrogens with one attached hydrogen (secondary N) is 1. The van der Waals surface area contributed by atoms with Crippen molar-refractivity contribution < 1.29 is 0 Å². The molecule has 1 aliphatic heterocycles. The smallest absolute Gasteiger partial charge is 0.155 e. The molecular weight excluding hydrogens is 328 g/mol. The Bertz CT molecular complexity index is 823. The van der Waals surface area contributed by atoms with Gasteiger partial charge in [-0.05, 0) is 44.8 Å². The van der Waals surface area contributed by atoms with Gasteiger partial charge in [-0.3, -0.25) is 9.58 Å². The molecule has 3 aromatic heterocycles. The molecule has 5 rings (SSSR count). The first-order valence-corrected chi connectivity index (χ1v) is 9.47. The van der Waals surface area contributed by atoms with E-state index in [4.69, 9.17) is 0 Å². The molecule has 0 unspecified atom stereocenters. The molecule has 0 spiro atoms. The normalized spacial score (nSPS) is 19.2. The average molecular weight is 352 g/mol. The maximum Gasteiger partial charge on any atom is 0.155 e. The Morgan fingerprint density at radius 1 is 1.08 bits per heavy atom. The summed E-state index contributed by atoms with van der Waals surface area (Å²) in [5.74, 6) is 2.74. The number of aromatic amines is 1. The number of aromatic nitrogens is 7. The molecule has 2 fully saturated rings. The molecule has 26 heavy (non-hydrogen) atoms. The third-order valence-electron chi connectivity index (χ3n) is 5.47. The molecule has 1 saturated heterocycles. The molecule has 0 bridgehead atoms. The van der Waals surface area contributed by atoms with Crippen LogP contribution in [0.2, 0.25) is 0 Å². The summed E-state index contributed by atoms with van der Waals surface area (Å²) in [6.07, 6.45) is 12.2. The van der Waals surface area contributed by atoms with Crippen molar-refractivity contribution in [3.05, 3.63) is 48.3 Å². The second kappa shape index (κ2) is 6.68. The number of imidazole rings is 1. The Balaban J connectivity index is 1.29. The second-order valence-electron chi connectivity index (χ2n) is 7.41. The van der Waals surface area contributed by atoms with E-state index in [-0.39, 0.29) is 0 Å². The summed E-state index contributed by atoms with van der Waals surface area (Å²) in [7, 11) is 0. The Morgan fingerprint density at radius 2 is 1.96 bits per heavy atom. The first-order valence-electron chi connectivity index (χ1n) is 9.47. The van der Waals surface area contributed by atoms with Crippen molar-refractivity contribution in [2.75, 3.05) is 13.1 Å². The Labute approximate surface area is 152 Å². The summed E-state index contributed by atoms with van der Waals surface area (Å²) in [4.78, 5) is 9.80. The number of nitrogens with zero attached hydrogens (tertiary/aromatic N) is 7. The third-order valence-corrected chi connectivity index (χ3v) is 5.47. The molecule has 0 radical (unpaired) electrons. The standard InChI is InChI=1S/C18H24N8/c1-6-21-25(7-1)12-17-22-23-18(26(17)16-2-3-16)14-4-8-24(9-5-14)11-15-10-19-13-20-15/h1,6-7,10,13-14,16H,2-5,8-9,11-12H2,(H,19,20). The molecule has 8 nitrogen and oxygen atoms in total. The summed E-state index contributed by atoms with van der Waals surface area (Å²) < 4.78 is 4.34. The fourth-order valence-electron chi connectivity index (χ4n) is 3.95. The van der Waals surface area contributed by atoms with Gasteiger partial charge in [0.25, 0.3) is 0 Å². The van der Waals surface area contributed by atoms with E-state index in [1.807, 2.05) is 29.3 Å². The van der Waals surface area contributed by atoms with E-state index in [2.05, 4.69) is 34.7 Å². The minimum Gasteiger partial charge on any atom is -0.347 e. The van der Waals surface area contributed by atoms with Crippen molar-refractivity contribution in [1.29, 1.82) is 0 Å². The average Bonchev–Trinajstić information content (AvgIpc) is 3.07. The summed E-state index contributed by atoms with van der Waals surface area (Å²) in [5.41, 5.74) is 1.19. The minimum absolute atomic E-state index is 0.507. The molecule has 0 aromatic carbocycles. The third kappa shape index (κ3) is 3.16. The van der Waals surface area contributed by atoms with Crippen LogP contribution in [-0.2, 0) is 13.1 Å². The molecule has 1 saturated carbocycles. The lowest BCUT2D eigenvalue weighted by Gasteiger charge is -2.31. The van der Waals surface area contributed by atoms with Crippen LogP contribution in [0, 0.1) is 0 Å². The van der Waals surface area contributed by atoms with Gasteiger partial charge in [0.2, 0.25) is 0 Å². The molecule has 3 aromatic rings. The number of likely N-dealkylation sites (tertiary alicyclic amines) is 1. The molecule has 8 heteroatoms. The SMILES string of the molecule is c1cnn(Cc2nnc(C3CCN(Cc4cnc[nH]4)CC3)n2C2CC2)c1. The predicted molar refractivity (Wildman–Crippen MR) is 95.5 cm³/mol. The topological polar surface area (TPSA) is 80.5 Å². The van der Waals surface area contributed by atoms with Crippen molar-refractivity contribution in [2.45, 2.75) is 50.7 Å². The van der Waals surface area contributed by atoms with Gasteiger partial charge in [-0.2, -0.15) is 5.10 Å². The van der Waals surface area contributed by atoms with Crippen LogP contribution in [0.3, 0.4) is 0 Å². The van der Waals surface area contributed by atoms with Crippen LogP contribution in [0.5, 0.6) is 0 Å². The Morgan fingerprint density at radius 3 is 2.65 bits per heavy atom. The summed E-state index contributed by atoms with van der Waals surface area (Å²) in [6.45, 7) is 3.84.